The Morgan fingerprint density at radius 2 is 1.88 bits per heavy atom. The summed E-state index contributed by atoms with van der Waals surface area (Å²) in [4.78, 5) is 18.4. The Bertz CT molecular complexity index is 1290. The standard InChI is InChI=1S/C22H20F3N5O3S/c1-34(32,33)29-15-9-3-2-8-14(15)20-27-18(17-11-5-7-13-30(17)20)21(31)28-19(22(23,24)25)16-10-4-6-12-26-16/h2-13,19-20,27,29H,1H3,(H,28,31). The molecule has 2 atom stereocenters. The number of sulfonamides is 1. The van der Waals surface area contributed by atoms with E-state index in [0.717, 1.165) is 6.26 Å². The van der Waals surface area contributed by atoms with Crippen LogP contribution in [0.15, 0.2) is 84.5 Å². The Balaban J connectivity index is 1.67. The number of carbonyl (C=O) groups excluding carboxylic acids is 1. The number of nitrogens with one attached hydrogen (secondary N) is 3. The van der Waals surface area contributed by atoms with Crippen LogP contribution in [0, 0.1) is 0 Å². The number of carbonyl (C=O) groups is 1. The normalized spacial score (nSPS) is 18.4. The van der Waals surface area contributed by atoms with Gasteiger partial charge in [-0.25, -0.2) is 8.42 Å². The zero-order valence-corrected chi connectivity index (χ0v) is 18.6. The smallest absolute Gasteiger partial charge is 0.355 e. The van der Waals surface area contributed by atoms with Crippen molar-refractivity contribution in [2.45, 2.75) is 18.4 Å². The van der Waals surface area contributed by atoms with Crippen LogP contribution in [0.1, 0.15) is 23.5 Å². The molecule has 0 radical (unpaired) electrons. The van der Waals surface area contributed by atoms with Gasteiger partial charge in [-0.3, -0.25) is 14.5 Å². The summed E-state index contributed by atoms with van der Waals surface area (Å²) in [6, 6.07) is 8.29. The summed E-state index contributed by atoms with van der Waals surface area (Å²) in [6.45, 7) is 0. The van der Waals surface area contributed by atoms with E-state index >= 15 is 0 Å². The number of hydrogen-bond acceptors (Lipinski definition) is 6. The van der Waals surface area contributed by atoms with Crippen LogP contribution in [0.5, 0.6) is 0 Å². The zero-order chi connectivity index (χ0) is 24.5. The number of hydrogen-bond donors (Lipinski definition) is 3. The Morgan fingerprint density at radius 1 is 1.15 bits per heavy atom. The molecule has 0 fully saturated rings. The maximum absolute atomic E-state index is 13.7. The highest BCUT2D eigenvalue weighted by atomic mass is 32.2. The number of pyridine rings is 1. The van der Waals surface area contributed by atoms with Crippen molar-refractivity contribution >= 4 is 21.6 Å². The number of anilines is 1. The van der Waals surface area contributed by atoms with E-state index in [2.05, 4.69) is 15.0 Å². The van der Waals surface area contributed by atoms with Crippen LogP contribution in [-0.2, 0) is 14.8 Å². The second-order valence-corrected chi connectivity index (χ2v) is 9.33. The summed E-state index contributed by atoms with van der Waals surface area (Å²) in [7, 11) is -3.60. The highest BCUT2D eigenvalue weighted by molar-refractivity contribution is 7.92. The van der Waals surface area contributed by atoms with Gasteiger partial charge in [0.15, 0.2) is 6.04 Å². The van der Waals surface area contributed by atoms with Crippen LogP contribution < -0.4 is 15.4 Å². The maximum Gasteiger partial charge on any atom is 0.414 e. The molecule has 2 aromatic rings. The molecule has 0 aliphatic carbocycles. The Hall–Kier alpha value is -3.80. The number of nitrogens with zero attached hydrogens (tertiary/aromatic N) is 2. The molecule has 3 heterocycles. The van der Waals surface area contributed by atoms with Crippen molar-refractivity contribution in [2.75, 3.05) is 11.0 Å². The van der Waals surface area contributed by atoms with Crippen LogP contribution in [0.4, 0.5) is 18.9 Å². The van der Waals surface area contributed by atoms with E-state index in [9.17, 15) is 26.4 Å². The van der Waals surface area contributed by atoms with Crippen molar-refractivity contribution in [2.24, 2.45) is 0 Å². The highest BCUT2D eigenvalue weighted by Gasteiger charge is 2.44. The maximum atomic E-state index is 13.7. The topological polar surface area (TPSA) is 103 Å². The van der Waals surface area contributed by atoms with Gasteiger partial charge in [0.1, 0.15) is 11.9 Å². The lowest BCUT2D eigenvalue weighted by Gasteiger charge is -2.27. The SMILES string of the molecule is CS(=O)(=O)Nc1ccccc1C1NC(C(=O)NC(c2ccccn2)C(F)(F)F)=C2C=CC=CN21. The molecule has 2 aliphatic rings. The molecule has 0 saturated carbocycles. The van der Waals surface area contributed by atoms with Gasteiger partial charge in [0.05, 0.1) is 23.3 Å². The van der Waals surface area contributed by atoms with Gasteiger partial charge in [0.2, 0.25) is 10.0 Å². The van der Waals surface area contributed by atoms with Crippen molar-refractivity contribution in [1.82, 2.24) is 20.5 Å². The summed E-state index contributed by atoms with van der Waals surface area (Å²) >= 11 is 0. The fourth-order valence-corrected chi connectivity index (χ4v) is 4.27. The third-order valence-corrected chi connectivity index (χ3v) is 5.66. The van der Waals surface area contributed by atoms with Crippen molar-refractivity contribution in [3.05, 3.63) is 95.7 Å². The van der Waals surface area contributed by atoms with Crippen LogP contribution >= 0.6 is 0 Å². The Morgan fingerprint density at radius 3 is 2.56 bits per heavy atom. The van der Waals surface area contributed by atoms with E-state index in [1.165, 1.54) is 24.4 Å². The minimum atomic E-state index is -4.78. The number of allylic oxidation sites excluding steroid dienone is 3. The molecule has 34 heavy (non-hydrogen) atoms. The third kappa shape index (κ3) is 4.91. The molecule has 1 amide bonds. The predicted octanol–water partition coefficient (Wildman–Crippen LogP) is 3.07. The first kappa shape index (κ1) is 23.4. The molecular formula is C22H20F3N5O3S. The van der Waals surface area contributed by atoms with Gasteiger partial charge in [-0.15, -0.1) is 0 Å². The number of halogens is 3. The van der Waals surface area contributed by atoms with E-state index in [1.807, 2.05) is 5.32 Å². The van der Waals surface area contributed by atoms with E-state index in [-0.39, 0.29) is 17.1 Å². The molecule has 2 unspecified atom stereocenters. The van der Waals surface area contributed by atoms with Crippen molar-refractivity contribution in [3.63, 3.8) is 0 Å². The van der Waals surface area contributed by atoms with Gasteiger partial charge in [-0.2, -0.15) is 13.2 Å². The van der Waals surface area contributed by atoms with E-state index in [1.54, 1.807) is 53.6 Å². The third-order valence-electron chi connectivity index (χ3n) is 5.07. The molecule has 4 rings (SSSR count). The molecule has 0 spiro atoms. The van der Waals surface area contributed by atoms with Gasteiger partial charge < -0.3 is 15.5 Å². The van der Waals surface area contributed by atoms with E-state index in [4.69, 9.17) is 0 Å². The second-order valence-electron chi connectivity index (χ2n) is 7.58. The second kappa shape index (κ2) is 8.86. The highest BCUT2D eigenvalue weighted by Crippen LogP contribution is 2.38. The zero-order valence-electron chi connectivity index (χ0n) is 17.7. The molecule has 1 aromatic heterocycles. The molecule has 0 bridgehead atoms. The number of alkyl halides is 3. The van der Waals surface area contributed by atoms with Gasteiger partial charge in [0.25, 0.3) is 5.91 Å². The minimum Gasteiger partial charge on any atom is -0.355 e. The first-order valence-corrected chi connectivity index (χ1v) is 11.9. The molecule has 12 heteroatoms. The van der Waals surface area contributed by atoms with E-state index in [0.29, 0.717) is 11.3 Å². The number of amides is 1. The van der Waals surface area contributed by atoms with Crippen LogP contribution in [0.3, 0.4) is 0 Å². The van der Waals surface area contributed by atoms with Crippen LogP contribution in [-0.4, -0.2) is 36.6 Å². The average Bonchev–Trinajstić information content (AvgIpc) is 3.16. The van der Waals surface area contributed by atoms with Crippen molar-refractivity contribution < 1.29 is 26.4 Å². The van der Waals surface area contributed by atoms with Gasteiger partial charge in [0, 0.05) is 18.0 Å². The number of aromatic nitrogens is 1. The molecular weight excluding hydrogens is 471 g/mol. The minimum absolute atomic E-state index is 0.0926. The molecule has 0 saturated heterocycles. The monoisotopic (exact) mass is 491 g/mol. The summed E-state index contributed by atoms with van der Waals surface area (Å²) in [5, 5.41) is 4.98. The largest absolute Gasteiger partial charge is 0.414 e. The predicted molar refractivity (Wildman–Crippen MR) is 119 cm³/mol. The molecule has 178 valence electrons. The average molecular weight is 491 g/mol. The number of benzene rings is 1. The first-order chi connectivity index (χ1) is 16.0. The van der Waals surface area contributed by atoms with Gasteiger partial charge in [-0.1, -0.05) is 30.3 Å². The molecule has 1 aromatic carbocycles. The first-order valence-electron chi connectivity index (χ1n) is 10.0. The molecule has 8 nitrogen and oxygen atoms in total. The van der Waals surface area contributed by atoms with Gasteiger partial charge >= 0.3 is 6.18 Å². The van der Waals surface area contributed by atoms with Crippen LogP contribution in [0.25, 0.3) is 0 Å². The number of para-hydroxylation sites is 1. The Kier molecular flexibility index (Phi) is 6.09. The fraction of sp³-hybridized carbons (Fsp3) is 0.182. The number of rotatable bonds is 6. The van der Waals surface area contributed by atoms with E-state index < -0.39 is 34.3 Å². The molecule has 3 N–H and O–H groups in total. The molecule has 2 aliphatic heterocycles. The van der Waals surface area contributed by atoms with Crippen molar-refractivity contribution in [1.29, 1.82) is 0 Å². The Labute approximate surface area is 193 Å². The summed E-state index contributed by atoms with van der Waals surface area (Å²) in [6.07, 6.45) is 3.26. The lowest BCUT2D eigenvalue weighted by Crippen LogP contribution is -2.41. The summed E-state index contributed by atoms with van der Waals surface area (Å²) in [5.74, 6) is -0.982. The lowest BCUT2D eigenvalue weighted by atomic mass is 10.1. The quantitative estimate of drug-likeness (QED) is 0.574. The number of fused-ring (bicyclic) bond motifs is 1. The fourth-order valence-electron chi connectivity index (χ4n) is 3.68. The summed E-state index contributed by atoms with van der Waals surface area (Å²) < 4.78 is 67.3. The summed E-state index contributed by atoms with van der Waals surface area (Å²) in [5.41, 5.74) is 0.645. The van der Waals surface area contributed by atoms with Crippen LogP contribution in [0.2, 0.25) is 0 Å². The van der Waals surface area contributed by atoms with Crippen molar-refractivity contribution in [3.8, 4) is 0 Å². The van der Waals surface area contributed by atoms with Gasteiger partial charge in [-0.05, 0) is 30.4 Å². The lowest BCUT2D eigenvalue weighted by molar-refractivity contribution is -0.163.